The lowest BCUT2D eigenvalue weighted by Gasteiger charge is -2.32. The van der Waals surface area contributed by atoms with Gasteiger partial charge in [0, 0.05) is 0 Å². The Kier molecular flexibility index (Phi) is 3.00. The van der Waals surface area contributed by atoms with Gasteiger partial charge in [0.25, 0.3) is 5.79 Å². The van der Waals surface area contributed by atoms with E-state index >= 15 is 0 Å². The summed E-state index contributed by atoms with van der Waals surface area (Å²) in [6.45, 7) is 4.25. The molecule has 0 fully saturated rings. The minimum absolute atomic E-state index is 0.0155. The molecule has 1 aliphatic rings. The second kappa shape index (κ2) is 4.15. The fraction of sp³-hybridized carbons (Fsp3) is 0.500. The van der Waals surface area contributed by atoms with Crippen molar-refractivity contribution in [3.05, 3.63) is 23.8 Å². The number of hydrogen-bond acceptors (Lipinski definition) is 3. The van der Waals surface area contributed by atoms with Gasteiger partial charge in [-0.1, -0.05) is 19.9 Å². The Balaban J connectivity index is 2.32. The van der Waals surface area contributed by atoms with Gasteiger partial charge in [-0.25, -0.2) is 0 Å². The summed E-state index contributed by atoms with van der Waals surface area (Å²) in [7, 11) is 0. The van der Waals surface area contributed by atoms with E-state index in [9.17, 15) is 5.11 Å². The van der Waals surface area contributed by atoms with Gasteiger partial charge in [-0.05, 0) is 23.6 Å². The monoisotopic (exact) mass is 242 g/mol. The number of benzene rings is 1. The van der Waals surface area contributed by atoms with E-state index in [2.05, 4.69) is 13.8 Å². The second-order valence-corrected chi connectivity index (χ2v) is 4.60. The van der Waals surface area contributed by atoms with Crippen molar-refractivity contribution in [2.75, 3.05) is 12.5 Å². The standard InChI is InChI=1S/C12H15ClO3/c1-8(2)9-3-4-10-11(5-9)16-12(14,6-13)7-15-10/h3-5,8,14H,6-7H2,1-2H3. The maximum Gasteiger partial charge on any atom is 0.256 e. The number of ether oxygens (including phenoxy) is 2. The molecule has 16 heavy (non-hydrogen) atoms. The molecule has 1 aromatic rings. The van der Waals surface area contributed by atoms with Crippen LogP contribution in [0.4, 0.5) is 0 Å². The minimum Gasteiger partial charge on any atom is -0.483 e. The van der Waals surface area contributed by atoms with E-state index in [4.69, 9.17) is 21.1 Å². The normalized spacial score (nSPS) is 23.6. The van der Waals surface area contributed by atoms with Crippen molar-refractivity contribution in [1.82, 2.24) is 0 Å². The lowest BCUT2D eigenvalue weighted by Crippen LogP contribution is -2.46. The fourth-order valence-corrected chi connectivity index (χ4v) is 1.70. The molecule has 88 valence electrons. The van der Waals surface area contributed by atoms with Gasteiger partial charge < -0.3 is 14.6 Å². The van der Waals surface area contributed by atoms with Gasteiger partial charge in [-0.15, -0.1) is 11.6 Å². The van der Waals surface area contributed by atoms with Gasteiger partial charge in [0.2, 0.25) is 0 Å². The maximum atomic E-state index is 9.88. The number of alkyl halides is 1. The fourth-order valence-electron chi connectivity index (χ4n) is 1.57. The SMILES string of the molecule is CC(C)c1ccc2c(c1)OC(O)(CCl)CO2. The molecule has 0 bridgehead atoms. The van der Waals surface area contributed by atoms with Crippen molar-refractivity contribution in [3.8, 4) is 11.5 Å². The van der Waals surface area contributed by atoms with Crippen LogP contribution >= 0.6 is 11.6 Å². The van der Waals surface area contributed by atoms with Gasteiger partial charge in [0.15, 0.2) is 18.1 Å². The van der Waals surface area contributed by atoms with Crippen LogP contribution in [0, 0.1) is 0 Å². The lowest BCUT2D eigenvalue weighted by molar-refractivity contribution is -0.156. The van der Waals surface area contributed by atoms with Crippen LogP contribution in [0.15, 0.2) is 18.2 Å². The van der Waals surface area contributed by atoms with Gasteiger partial charge in [0.05, 0.1) is 5.88 Å². The Bertz CT molecular complexity index is 392. The third-order valence-corrected chi connectivity index (χ3v) is 3.01. The molecule has 0 radical (unpaired) electrons. The number of fused-ring (bicyclic) bond motifs is 1. The van der Waals surface area contributed by atoms with Crippen LogP contribution in [0.25, 0.3) is 0 Å². The Morgan fingerprint density at radius 3 is 2.81 bits per heavy atom. The first kappa shape index (κ1) is 11.6. The van der Waals surface area contributed by atoms with Gasteiger partial charge >= 0.3 is 0 Å². The van der Waals surface area contributed by atoms with Gasteiger partial charge in [-0.3, -0.25) is 0 Å². The van der Waals surface area contributed by atoms with Gasteiger partial charge in [-0.2, -0.15) is 0 Å². The molecule has 1 heterocycles. The summed E-state index contributed by atoms with van der Waals surface area (Å²) in [4.78, 5) is 0. The molecule has 3 nitrogen and oxygen atoms in total. The highest BCUT2D eigenvalue weighted by Gasteiger charge is 2.34. The van der Waals surface area contributed by atoms with Crippen LogP contribution in [0.3, 0.4) is 0 Å². The van der Waals surface area contributed by atoms with E-state index in [1.165, 1.54) is 0 Å². The first-order chi connectivity index (χ1) is 7.54. The number of rotatable bonds is 2. The number of halogens is 1. The zero-order chi connectivity index (χ0) is 11.8. The van der Waals surface area contributed by atoms with E-state index in [1.807, 2.05) is 18.2 Å². The van der Waals surface area contributed by atoms with Crippen LogP contribution in [-0.2, 0) is 0 Å². The lowest BCUT2D eigenvalue weighted by atomic mass is 10.0. The predicted molar refractivity (Wildman–Crippen MR) is 62.3 cm³/mol. The molecule has 1 aliphatic heterocycles. The van der Waals surface area contributed by atoms with E-state index in [-0.39, 0.29) is 12.5 Å². The molecule has 2 rings (SSSR count). The highest BCUT2D eigenvalue weighted by Crippen LogP contribution is 2.36. The van der Waals surface area contributed by atoms with Crippen molar-refractivity contribution in [2.45, 2.75) is 25.6 Å². The van der Waals surface area contributed by atoms with E-state index in [0.717, 1.165) is 5.56 Å². The first-order valence-corrected chi connectivity index (χ1v) is 5.81. The Morgan fingerprint density at radius 2 is 2.19 bits per heavy atom. The van der Waals surface area contributed by atoms with Crippen LogP contribution in [0.1, 0.15) is 25.3 Å². The molecule has 4 heteroatoms. The van der Waals surface area contributed by atoms with E-state index < -0.39 is 5.79 Å². The first-order valence-electron chi connectivity index (χ1n) is 5.28. The average Bonchev–Trinajstić information content (AvgIpc) is 2.28. The van der Waals surface area contributed by atoms with Crippen molar-refractivity contribution in [3.63, 3.8) is 0 Å². The number of aliphatic hydroxyl groups is 1. The molecule has 1 unspecified atom stereocenters. The summed E-state index contributed by atoms with van der Waals surface area (Å²) in [5.74, 6) is 0.183. The molecule has 0 spiro atoms. The quantitative estimate of drug-likeness (QED) is 0.810. The molecular weight excluding hydrogens is 228 g/mol. The summed E-state index contributed by atoms with van der Waals surface area (Å²) >= 11 is 5.64. The molecule has 1 N–H and O–H groups in total. The Hall–Kier alpha value is -0.930. The van der Waals surface area contributed by atoms with Crippen molar-refractivity contribution >= 4 is 11.6 Å². The molecule has 0 saturated heterocycles. The van der Waals surface area contributed by atoms with Crippen LogP contribution < -0.4 is 9.47 Å². The van der Waals surface area contributed by atoms with Crippen molar-refractivity contribution < 1.29 is 14.6 Å². The average molecular weight is 243 g/mol. The van der Waals surface area contributed by atoms with Gasteiger partial charge in [0.1, 0.15) is 0 Å². The topological polar surface area (TPSA) is 38.7 Å². The summed E-state index contributed by atoms with van der Waals surface area (Å²) in [6.07, 6.45) is 0. The highest BCUT2D eigenvalue weighted by molar-refractivity contribution is 6.18. The largest absolute Gasteiger partial charge is 0.483 e. The van der Waals surface area contributed by atoms with Crippen LogP contribution in [0.5, 0.6) is 11.5 Å². The molecule has 1 atom stereocenters. The van der Waals surface area contributed by atoms with E-state index in [1.54, 1.807) is 0 Å². The van der Waals surface area contributed by atoms with Crippen LogP contribution in [0.2, 0.25) is 0 Å². The minimum atomic E-state index is -1.41. The van der Waals surface area contributed by atoms with E-state index in [0.29, 0.717) is 17.4 Å². The summed E-state index contributed by atoms with van der Waals surface area (Å²) in [5, 5.41) is 9.88. The summed E-state index contributed by atoms with van der Waals surface area (Å²) in [5.41, 5.74) is 1.14. The van der Waals surface area contributed by atoms with Crippen LogP contribution in [-0.4, -0.2) is 23.4 Å². The smallest absolute Gasteiger partial charge is 0.256 e. The molecule has 1 aromatic carbocycles. The molecule has 0 aliphatic carbocycles. The zero-order valence-electron chi connectivity index (χ0n) is 9.37. The second-order valence-electron chi connectivity index (χ2n) is 4.33. The Labute approximate surface area is 99.9 Å². The predicted octanol–water partition coefficient (Wildman–Crippen LogP) is 2.51. The highest BCUT2D eigenvalue weighted by atomic mass is 35.5. The molecule has 0 amide bonds. The molecular formula is C12H15ClO3. The third-order valence-electron chi connectivity index (χ3n) is 2.60. The number of hydrogen-bond donors (Lipinski definition) is 1. The van der Waals surface area contributed by atoms with Crippen molar-refractivity contribution in [2.24, 2.45) is 0 Å². The molecule has 0 saturated carbocycles. The molecule has 0 aromatic heterocycles. The zero-order valence-corrected chi connectivity index (χ0v) is 10.1. The maximum absolute atomic E-state index is 9.88. The summed E-state index contributed by atoms with van der Waals surface area (Å²) in [6, 6.07) is 5.74. The summed E-state index contributed by atoms with van der Waals surface area (Å²) < 4.78 is 10.9. The third kappa shape index (κ3) is 2.11. The Morgan fingerprint density at radius 1 is 1.44 bits per heavy atom. The van der Waals surface area contributed by atoms with Crippen molar-refractivity contribution in [1.29, 1.82) is 0 Å².